The van der Waals surface area contributed by atoms with Crippen LogP contribution in [0, 0.1) is 5.82 Å². The summed E-state index contributed by atoms with van der Waals surface area (Å²) in [7, 11) is 0. The van der Waals surface area contributed by atoms with Crippen LogP contribution in [0.15, 0.2) is 60.7 Å². The smallest absolute Gasteiger partial charge is 0.207 e. The lowest BCUT2D eigenvalue weighted by molar-refractivity contribution is 0.0989. The molecule has 3 rings (SSSR count). The monoisotopic (exact) mass is 392 g/mol. The molecule has 3 nitrogen and oxygen atoms in total. The molecule has 150 valence electrons. The molecule has 0 aliphatic carbocycles. The maximum Gasteiger partial charge on any atom is 0.207 e. The Kier molecular flexibility index (Phi) is 6.65. The van der Waals surface area contributed by atoms with Gasteiger partial charge in [-0.3, -0.25) is 4.79 Å². The highest BCUT2D eigenvalue weighted by molar-refractivity contribution is 6.00. The van der Waals surface area contributed by atoms with Crippen molar-refractivity contribution < 1.29 is 19.0 Å². The summed E-state index contributed by atoms with van der Waals surface area (Å²) in [5.41, 5.74) is 4.27. The lowest BCUT2D eigenvalue weighted by atomic mass is 9.98. The normalized spacial score (nSPS) is 10.7. The number of benzene rings is 3. The molecule has 0 fully saturated rings. The lowest BCUT2D eigenvalue weighted by Crippen LogP contribution is -2.06. The third-order valence-electron chi connectivity index (χ3n) is 4.83. The molecule has 1 N–H and O–H groups in total. The Bertz CT molecular complexity index is 976. The summed E-state index contributed by atoms with van der Waals surface area (Å²) in [6.45, 7) is 4.16. The molecule has 0 bridgehead atoms. The summed E-state index contributed by atoms with van der Waals surface area (Å²) in [6.07, 6.45) is 2.27. The Hall–Kier alpha value is -3.14. The van der Waals surface area contributed by atoms with Crippen molar-refractivity contribution in [1.82, 2.24) is 0 Å². The third kappa shape index (κ3) is 4.83. The van der Waals surface area contributed by atoms with Crippen molar-refractivity contribution in [2.75, 3.05) is 6.61 Å². The van der Waals surface area contributed by atoms with Crippen molar-refractivity contribution >= 4 is 5.78 Å². The second kappa shape index (κ2) is 9.37. The summed E-state index contributed by atoms with van der Waals surface area (Å²) in [4.78, 5) is 12.5. The molecule has 3 aromatic rings. The van der Waals surface area contributed by atoms with Crippen LogP contribution in [0.5, 0.6) is 11.5 Å². The van der Waals surface area contributed by atoms with Gasteiger partial charge >= 0.3 is 0 Å². The number of rotatable bonds is 8. The molecular weight excluding hydrogens is 367 g/mol. The molecule has 0 heterocycles. The lowest BCUT2D eigenvalue weighted by Gasteiger charge is -2.10. The number of Topliss-reactive ketones (excluding diaryl/α,β-unsaturated/α-hetero) is 1. The molecule has 4 heteroatoms. The number of halogens is 1. The highest BCUT2D eigenvalue weighted by Gasteiger charge is 2.19. The molecule has 0 amide bonds. The molecule has 3 aromatic carbocycles. The van der Waals surface area contributed by atoms with E-state index in [1.807, 2.05) is 24.3 Å². The van der Waals surface area contributed by atoms with E-state index in [9.17, 15) is 14.3 Å². The third-order valence-corrected chi connectivity index (χ3v) is 4.83. The van der Waals surface area contributed by atoms with Crippen LogP contribution < -0.4 is 4.74 Å². The van der Waals surface area contributed by atoms with E-state index in [1.54, 1.807) is 6.92 Å². The first-order valence-electron chi connectivity index (χ1n) is 9.89. The number of aryl methyl sites for hydroxylation is 1. The van der Waals surface area contributed by atoms with Crippen LogP contribution in [0.3, 0.4) is 0 Å². The number of hydrogen-bond donors (Lipinski definition) is 1. The second-order valence-corrected chi connectivity index (χ2v) is 6.95. The number of aromatic hydroxyl groups is 1. The van der Waals surface area contributed by atoms with E-state index in [4.69, 9.17) is 4.74 Å². The van der Waals surface area contributed by atoms with Crippen molar-refractivity contribution in [2.45, 2.75) is 33.1 Å². The number of carbonyl (C=O) groups excluding carboxylic acids is 1. The van der Waals surface area contributed by atoms with Crippen LogP contribution in [0.2, 0.25) is 0 Å². The van der Waals surface area contributed by atoms with Gasteiger partial charge in [0, 0.05) is 6.42 Å². The zero-order valence-corrected chi connectivity index (χ0v) is 16.7. The van der Waals surface area contributed by atoms with Gasteiger partial charge in [-0.2, -0.15) is 4.39 Å². The van der Waals surface area contributed by atoms with Gasteiger partial charge in [0.2, 0.25) is 5.82 Å². The van der Waals surface area contributed by atoms with Crippen LogP contribution in [0.4, 0.5) is 4.39 Å². The highest BCUT2D eigenvalue weighted by Crippen LogP contribution is 2.30. The van der Waals surface area contributed by atoms with Crippen LogP contribution >= 0.6 is 0 Å². The van der Waals surface area contributed by atoms with Crippen LogP contribution in [-0.2, 0) is 12.8 Å². The maximum atomic E-state index is 14.1. The van der Waals surface area contributed by atoms with Gasteiger partial charge in [-0.25, -0.2) is 0 Å². The summed E-state index contributed by atoms with van der Waals surface area (Å²) in [5.74, 6) is -1.97. The molecule has 0 radical (unpaired) electrons. The van der Waals surface area contributed by atoms with Crippen molar-refractivity contribution in [3.8, 4) is 22.6 Å². The Balaban J connectivity index is 1.72. The molecule has 0 aromatic heterocycles. The van der Waals surface area contributed by atoms with Gasteiger partial charge in [0.15, 0.2) is 17.3 Å². The Morgan fingerprint density at radius 2 is 1.48 bits per heavy atom. The fraction of sp³-hybridized carbons (Fsp3) is 0.240. The molecule has 0 spiro atoms. The summed E-state index contributed by atoms with van der Waals surface area (Å²) >= 11 is 0. The van der Waals surface area contributed by atoms with E-state index in [0.29, 0.717) is 0 Å². The van der Waals surface area contributed by atoms with E-state index in [1.165, 1.54) is 17.7 Å². The van der Waals surface area contributed by atoms with Crippen LogP contribution in [0.1, 0.15) is 41.8 Å². The quantitative estimate of drug-likeness (QED) is 0.480. The van der Waals surface area contributed by atoms with Gasteiger partial charge in [0.25, 0.3) is 0 Å². The predicted molar refractivity (Wildman–Crippen MR) is 113 cm³/mol. The molecule has 0 aliphatic rings. The van der Waals surface area contributed by atoms with Crippen molar-refractivity contribution in [3.63, 3.8) is 0 Å². The molecule has 29 heavy (non-hydrogen) atoms. The minimum Gasteiger partial charge on any atom is -0.504 e. The van der Waals surface area contributed by atoms with Gasteiger partial charge in [-0.1, -0.05) is 61.9 Å². The minimum atomic E-state index is -0.903. The first kappa shape index (κ1) is 20.6. The SMILES string of the molecule is CCCc1ccc(-c2ccc(CC(=O)c3ccc(OCC)c(F)c3O)cc2)cc1. The molecule has 0 saturated carbocycles. The zero-order chi connectivity index (χ0) is 20.8. The number of phenolic OH excluding ortho intramolecular Hbond substituents is 1. The van der Waals surface area contributed by atoms with Gasteiger partial charge in [0.05, 0.1) is 12.2 Å². The first-order valence-corrected chi connectivity index (χ1v) is 9.89. The van der Waals surface area contributed by atoms with E-state index in [0.717, 1.165) is 29.5 Å². The predicted octanol–water partition coefficient (Wildman–Crippen LogP) is 5.97. The number of phenols is 1. The van der Waals surface area contributed by atoms with Gasteiger partial charge in [0.1, 0.15) is 0 Å². The van der Waals surface area contributed by atoms with E-state index < -0.39 is 11.6 Å². The van der Waals surface area contributed by atoms with E-state index >= 15 is 0 Å². The van der Waals surface area contributed by atoms with Gasteiger partial charge in [-0.05, 0) is 47.7 Å². The van der Waals surface area contributed by atoms with E-state index in [-0.39, 0.29) is 30.1 Å². The fourth-order valence-electron chi connectivity index (χ4n) is 3.29. The fourth-order valence-corrected chi connectivity index (χ4v) is 3.29. The zero-order valence-electron chi connectivity index (χ0n) is 16.7. The molecule has 0 unspecified atom stereocenters. The van der Waals surface area contributed by atoms with Crippen molar-refractivity contribution in [1.29, 1.82) is 0 Å². The Morgan fingerprint density at radius 3 is 2.03 bits per heavy atom. The topological polar surface area (TPSA) is 46.5 Å². The first-order chi connectivity index (χ1) is 14.0. The molecule has 0 atom stereocenters. The highest BCUT2D eigenvalue weighted by atomic mass is 19.1. The van der Waals surface area contributed by atoms with Gasteiger partial charge < -0.3 is 9.84 Å². The summed E-state index contributed by atoms with van der Waals surface area (Å²) in [6, 6.07) is 19.0. The molecule has 0 saturated heterocycles. The van der Waals surface area contributed by atoms with Crippen molar-refractivity contribution in [2.24, 2.45) is 0 Å². The average molecular weight is 392 g/mol. The van der Waals surface area contributed by atoms with Crippen LogP contribution in [-0.4, -0.2) is 17.5 Å². The van der Waals surface area contributed by atoms with Crippen molar-refractivity contribution in [3.05, 3.63) is 83.2 Å². The second-order valence-electron chi connectivity index (χ2n) is 6.95. The minimum absolute atomic E-state index is 0.0402. The largest absolute Gasteiger partial charge is 0.504 e. The maximum absolute atomic E-state index is 14.1. The molecule has 0 aliphatic heterocycles. The Labute approximate surface area is 170 Å². The summed E-state index contributed by atoms with van der Waals surface area (Å²) < 4.78 is 19.2. The number of hydrogen-bond acceptors (Lipinski definition) is 3. The number of ketones is 1. The van der Waals surface area contributed by atoms with E-state index in [2.05, 4.69) is 31.2 Å². The standard InChI is InChI=1S/C25H25FO3/c1-3-5-17-6-10-19(11-7-17)20-12-8-18(9-13-20)16-22(27)21-14-15-23(29-4-2)24(26)25(21)28/h6-15,28H,3-5,16H2,1-2H3. The van der Waals surface area contributed by atoms with Gasteiger partial charge in [-0.15, -0.1) is 0 Å². The molecular formula is C25H25FO3. The number of carbonyl (C=O) groups is 1. The Morgan fingerprint density at radius 1 is 0.897 bits per heavy atom. The average Bonchev–Trinajstić information content (AvgIpc) is 2.73. The summed E-state index contributed by atoms with van der Waals surface area (Å²) in [5, 5.41) is 10.0. The number of ether oxygens (including phenoxy) is 1. The van der Waals surface area contributed by atoms with Crippen LogP contribution in [0.25, 0.3) is 11.1 Å².